The molecule has 0 aliphatic rings. The molecular weight excluding hydrogens is 376 g/mol. The van der Waals surface area contributed by atoms with E-state index in [1.165, 1.54) is 12.1 Å². The molecule has 0 unspecified atom stereocenters. The van der Waals surface area contributed by atoms with Gasteiger partial charge in [-0.15, -0.1) is 0 Å². The number of nitrogens with one attached hydrogen (secondary N) is 2. The molecule has 2 aromatic carbocycles. The van der Waals surface area contributed by atoms with Gasteiger partial charge >= 0.3 is 0 Å². The van der Waals surface area contributed by atoms with Crippen molar-refractivity contribution in [1.82, 2.24) is 10.0 Å². The van der Waals surface area contributed by atoms with Crippen LogP contribution in [0.15, 0.2) is 59.5 Å². The topological polar surface area (TPSA) is 84.5 Å². The molecular formula is C21H28N2O4S. The van der Waals surface area contributed by atoms with Gasteiger partial charge in [0.25, 0.3) is 5.91 Å². The molecule has 0 saturated carbocycles. The minimum Gasteiger partial charge on any atom is -0.381 e. The van der Waals surface area contributed by atoms with E-state index >= 15 is 0 Å². The number of sulfonamides is 1. The maximum absolute atomic E-state index is 12.5. The van der Waals surface area contributed by atoms with Crippen molar-refractivity contribution in [2.24, 2.45) is 5.92 Å². The Labute approximate surface area is 167 Å². The first kappa shape index (κ1) is 22.1. The average molecular weight is 405 g/mol. The minimum atomic E-state index is -3.71. The highest BCUT2D eigenvalue weighted by Crippen LogP contribution is 2.12. The Morgan fingerprint density at radius 3 is 2.54 bits per heavy atom. The van der Waals surface area contributed by atoms with Gasteiger partial charge in [0.15, 0.2) is 0 Å². The Bertz CT molecular complexity index is 852. The third-order valence-corrected chi connectivity index (χ3v) is 5.32. The van der Waals surface area contributed by atoms with Gasteiger partial charge in [-0.25, -0.2) is 13.1 Å². The average Bonchev–Trinajstić information content (AvgIpc) is 2.69. The van der Waals surface area contributed by atoms with E-state index in [0.717, 1.165) is 5.56 Å². The van der Waals surface area contributed by atoms with E-state index in [-0.39, 0.29) is 17.3 Å². The number of hydrogen-bond acceptors (Lipinski definition) is 4. The zero-order valence-electron chi connectivity index (χ0n) is 16.4. The fourth-order valence-corrected chi connectivity index (χ4v) is 3.52. The highest BCUT2D eigenvalue weighted by Gasteiger charge is 2.16. The molecule has 1 amide bonds. The zero-order valence-corrected chi connectivity index (χ0v) is 17.2. The number of carbonyl (C=O) groups excluding carboxylic acids is 1. The highest BCUT2D eigenvalue weighted by atomic mass is 32.2. The number of rotatable bonds is 11. The van der Waals surface area contributed by atoms with E-state index < -0.39 is 10.0 Å². The van der Waals surface area contributed by atoms with Gasteiger partial charge in [0.1, 0.15) is 0 Å². The van der Waals surface area contributed by atoms with Crippen LogP contribution >= 0.6 is 0 Å². The molecule has 0 radical (unpaired) electrons. The summed E-state index contributed by atoms with van der Waals surface area (Å²) in [5.41, 5.74) is 1.17. The van der Waals surface area contributed by atoms with Crippen LogP contribution < -0.4 is 10.0 Å². The van der Waals surface area contributed by atoms with Crippen molar-refractivity contribution in [3.8, 4) is 0 Å². The van der Waals surface area contributed by atoms with E-state index in [0.29, 0.717) is 37.7 Å². The van der Waals surface area contributed by atoms with Crippen LogP contribution in [0.1, 0.15) is 36.2 Å². The zero-order chi connectivity index (χ0) is 20.4. The fourth-order valence-electron chi connectivity index (χ4n) is 2.46. The summed E-state index contributed by atoms with van der Waals surface area (Å²) in [6, 6.07) is 15.3. The lowest BCUT2D eigenvalue weighted by Crippen LogP contribution is -2.26. The van der Waals surface area contributed by atoms with E-state index in [9.17, 15) is 13.2 Å². The van der Waals surface area contributed by atoms with Crippen molar-refractivity contribution in [3.63, 3.8) is 0 Å². The lowest BCUT2D eigenvalue weighted by Gasteiger charge is -2.10. The van der Waals surface area contributed by atoms with Crippen LogP contribution in [0.5, 0.6) is 0 Å². The molecule has 152 valence electrons. The van der Waals surface area contributed by atoms with Gasteiger partial charge < -0.3 is 10.1 Å². The first-order valence-electron chi connectivity index (χ1n) is 9.38. The van der Waals surface area contributed by atoms with Crippen LogP contribution in [0.4, 0.5) is 0 Å². The fraction of sp³-hybridized carbons (Fsp3) is 0.381. The molecule has 7 heteroatoms. The molecule has 0 fully saturated rings. The molecule has 2 N–H and O–H groups in total. The first-order valence-corrected chi connectivity index (χ1v) is 10.9. The van der Waals surface area contributed by atoms with Gasteiger partial charge in [-0.1, -0.05) is 50.2 Å². The predicted octanol–water partition coefficient (Wildman–Crippen LogP) is 2.96. The molecule has 2 aromatic rings. The van der Waals surface area contributed by atoms with Crippen LogP contribution in [0.3, 0.4) is 0 Å². The molecule has 2 rings (SSSR count). The van der Waals surface area contributed by atoms with E-state index in [2.05, 4.69) is 23.9 Å². The number of carbonyl (C=O) groups is 1. The normalized spacial score (nSPS) is 11.5. The summed E-state index contributed by atoms with van der Waals surface area (Å²) in [6.07, 6.45) is 0.703. The van der Waals surface area contributed by atoms with Crippen LogP contribution in [-0.2, 0) is 21.3 Å². The maximum Gasteiger partial charge on any atom is 0.251 e. The second kappa shape index (κ2) is 10.9. The summed E-state index contributed by atoms with van der Waals surface area (Å²) in [5.74, 6) is 0.179. The van der Waals surface area contributed by atoms with Gasteiger partial charge in [-0.05, 0) is 36.1 Å². The van der Waals surface area contributed by atoms with Crippen LogP contribution in [0.2, 0.25) is 0 Å². The lowest BCUT2D eigenvalue weighted by atomic mass is 10.2. The van der Waals surface area contributed by atoms with Crippen molar-refractivity contribution in [3.05, 3.63) is 65.7 Å². The molecule has 0 bridgehead atoms. The van der Waals surface area contributed by atoms with Crippen molar-refractivity contribution >= 4 is 15.9 Å². The van der Waals surface area contributed by atoms with Gasteiger partial charge in [0.05, 0.1) is 4.90 Å². The van der Waals surface area contributed by atoms with E-state index in [4.69, 9.17) is 4.74 Å². The Hall–Kier alpha value is -2.22. The van der Waals surface area contributed by atoms with Crippen molar-refractivity contribution in [2.45, 2.75) is 31.7 Å². The Morgan fingerprint density at radius 1 is 1.07 bits per heavy atom. The second-order valence-electron chi connectivity index (χ2n) is 6.92. The molecule has 28 heavy (non-hydrogen) atoms. The summed E-state index contributed by atoms with van der Waals surface area (Å²) < 4.78 is 33.0. The molecule has 0 saturated heterocycles. The number of hydrogen-bond donors (Lipinski definition) is 2. The van der Waals surface area contributed by atoms with Crippen molar-refractivity contribution < 1.29 is 17.9 Å². The molecule has 6 nitrogen and oxygen atoms in total. The van der Waals surface area contributed by atoms with Crippen molar-refractivity contribution in [1.29, 1.82) is 0 Å². The first-order chi connectivity index (χ1) is 13.4. The monoisotopic (exact) mass is 404 g/mol. The second-order valence-corrected chi connectivity index (χ2v) is 8.68. The minimum absolute atomic E-state index is 0.0661. The number of ether oxygens (including phenoxy) is 1. The molecule has 0 atom stereocenters. The molecule has 0 aliphatic heterocycles. The molecule has 0 aliphatic carbocycles. The largest absolute Gasteiger partial charge is 0.381 e. The predicted molar refractivity (Wildman–Crippen MR) is 110 cm³/mol. The van der Waals surface area contributed by atoms with Crippen LogP contribution in [-0.4, -0.2) is 34.1 Å². The molecule has 0 heterocycles. The molecule has 0 aromatic heterocycles. The maximum atomic E-state index is 12.5. The summed E-state index contributed by atoms with van der Waals surface area (Å²) in [4.78, 5) is 12.3. The third kappa shape index (κ3) is 7.42. The quantitative estimate of drug-likeness (QED) is 0.564. The highest BCUT2D eigenvalue weighted by molar-refractivity contribution is 7.89. The van der Waals surface area contributed by atoms with Gasteiger partial charge in [-0.3, -0.25) is 4.79 Å². The Balaban J connectivity index is 1.88. The van der Waals surface area contributed by atoms with Gasteiger partial charge in [0, 0.05) is 31.9 Å². The smallest absolute Gasteiger partial charge is 0.251 e. The van der Waals surface area contributed by atoms with E-state index in [1.54, 1.807) is 12.1 Å². The number of benzene rings is 2. The Morgan fingerprint density at radius 2 is 1.82 bits per heavy atom. The molecule has 0 spiro atoms. The Kier molecular flexibility index (Phi) is 8.63. The third-order valence-electron chi connectivity index (χ3n) is 3.92. The van der Waals surface area contributed by atoms with Crippen LogP contribution in [0.25, 0.3) is 0 Å². The van der Waals surface area contributed by atoms with Crippen LogP contribution in [0, 0.1) is 5.92 Å². The van der Waals surface area contributed by atoms with Gasteiger partial charge in [0.2, 0.25) is 10.0 Å². The lowest BCUT2D eigenvalue weighted by molar-refractivity contribution is 0.0925. The standard InChI is InChI=1S/C21H28N2O4S/c1-17(2)16-27-13-7-12-22-21(24)19-10-6-11-20(14-19)28(25,26)23-15-18-8-4-3-5-9-18/h3-6,8-11,14,17,23H,7,12-13,15-16H2,1-2H3,(H,22,24). The summed E-state index contributed by atoms with van der Waals surface area (Å²) in [7, 11) is -3.71. The summed E-state index contributed by atoms with van der Waals surface area (Å²) in [6.45, 7) is 6.10. The van der Waals surface area contributed by atoms with E-state index in [1.807, 2.05) is 30.3 Å². The summed E-state index contributed by atoms with van der Waals surface area (Å²) >= 11 is 0. The number of amides is 1. The summed E-state index contributed by atoms with van der Waals surface area (Å²) in [5, 5.41) is 2.79. The van der Waals surface area contributed by atoms with Gasteiger partial charge in [-0.2, -0.15) is 0 Å². The van der Waals surface area contributed by atoms with Crippen molar-refractivity contribution in [2.75, 3.05) is 19.8 Å². The SMILES string of the molecule is CC(C)COCCCNC(=O)c1cccc(S(=O)(=O)NCc2ccccc2)c1.